The first-order valence-corrected chi connectivity index (χ1v) is 9.30. The van der Waals surface area contributed by atoms with E-state index in [1.165, 1.54) is 13.1 Å². The Labute approximate surface area is 178 Å². The number of H-pyrrole nitrogens is 1. The molecule has 0 saturated carbocycles. The van der Waals surface area contributed by atoms with Crippen LogP contribution in [0.1, 0.15) is 11.3 Å². The topological polar surface area (TPSA) is 123 Å². The van der Waals surface area contributed by atoms with Gasteiger partial charge in [-0.05, 0) is 25.1 Å². The average molecular weight is 442 g/mol. The highest BCUT2D eigenvalue weighted by Crippen LogP contribution is 2.35. The van der Waals surface area contributed by atoms with Crippen LogP contribution in [0.2, 0.25) is 0 Å². The summed E-state index contributed by atoms with van der Waals surface area (Å²) in [6, 6.07) is 9.63. The zero-order valence-corrected chi connectivity index (χ0v) is 16.6. The maximum Gasteiger partial charge on any atom is 0.416 e. The van der Waals surface area contributed by atoms with Gasteiger partial charge in [-0.3, -0.25) is 14.8 Å². The molecule has 0 radical (unpaired) electrons. The van der Waals surface area contributed by atoms with Gasteiger partial charge in [0.25, 0.3) is 5.56 Å². The number of aromatic nitrogens is 3. The highest BCUT2D eigenvalue weighted by atomic mass is 19.4. The summed E-state index contributed by atoms with van der Waals surface area (Å²) >= 11 is 0. The zero-order chi connectivity index (χ0) is 23.2. The van der Waals surface area contributed by atoms with Crippen LogP contribution in [0.25, 0.3) is 16.5 Å². The molecule has 0 amide bonds. The Morgan fingerprint density at radius 3 is 2.50 bits per heavy atom. The minimum Gasteiger partial charge on any atom is -0.397 e. The van der Waals surface area contributed by atoms with Crippen molar-refractivity contribution in [3.63, 3.8) is 0 Å². The van der Waals surface area contributed by atoms with Gasteiger partial charge in [0.15, 0.2) is 0 Å². The maximum absolute atomic E-state index is 13.4. The summed E-state index contributed by atoms with van der Waals surface area (Å²) in [5.74, 6) is 6.11. The number of benzene rings is 2. The van der Waals surface area contributed by atoms with Gasteiger partial charge in [-0.25, -0.2) is 15.2 Å². The van der Waals surface area contributed by atoms with Crippen LogP contribution >= 0.6 is 0 Å². The summed E-state index contributed by atoms with van der Waals surface area (Å²) < 4.78 is 39.8. The third kappa shape index (κ3) is 3.48. The third-order valence-electron chi connectivity index (χ3n) is 5.00. The molecule has 32 heavy (non-hydrogen) atoms. The molecule has 0 aliphatic carbocycles. The number of nitrogens with two attached hydrogens (primary N) is 2. The fourth-order valence-corrected chi connectivity index (χ4v) is 3.49. The number of nitrogens with zero attached hydrogens (tertiary/aromatic N) is 3. The van der Waals surface area contributed by atoms with Crippen LogP contribution in [0.4, 0.5) is 30.2 Å². The first-order chi connectivity index (χ1) is 15.1. The lowest BCUT2D eigenvalue weighted by Gasteiger charge is -2.23. The molecule has 0 bridgehead atoms. The quantitative estimate of drug-likeness (QED) is 0.255. The number of pyridine rings is 1. The molecule has 5 N–H and O–H groups in total. The van der Waals surface area contributed by atoms with E-state index in [9.17, 15) is 22.8 Å². The van der Waals surface area contributed by atoms with E-state index in [0.29, 0.717) is 10.8 Å². The van der Waals surface area contributed by atoms with Crippen molar-refractivity contribution in [1.82, 2.24) is 14.5 Å². The molecule has 0 aliphatic heterocycles. The molecular weight excluding hydrogens is 425 g/mol. The second-order valence-corrected chi connectivity index (χ2v) is 7.07. The van der Waals surface area contributed by atoms with Crippen LogP contribution in [-0.4, -0.2) is 14.5 Å². The normalized spacial score (nSPS) is 11.7. The number of hydrazine groups is 1. The van der Waals surface area contributed by atoms with E-state index in [-0.39, 0.29) is 28.4 Å². The van der Waals surface area contributed by atoms with Crippen LogP contribution < -0.4 is 27.8 Å². The van der Waals surface area contributed by atoms with Gasteiger partial charge >= 0.3 is 11.9 Å². The van der Waals surface area contributed by atoms with E-state index >= 15 is 0 Å². The molecule has 2 heterocycles. The SMILES string of the molecule is Cc1[nH]c(=O)n(-c2cncc3ccccc23)c(=O)c1N(N)c1ccc(C(F)(F)F)cc1N. The van der Waals surface area contributed by atoms with Crippen molar-refractivity contribution in [2.75, 3.05) is 10.7 Å². The van der Waals surface area contributed by atoms with Gasteiger partial charge in [-0.15, -0.1) is 0 Å². The molecule has 0 spiro atoms. The maximum atomic E-state index is 13.4. The average Bonchev–Trinajstić information content (AvgIpc) is 2.72. The fourth-order valence-electron chi connectivity index (χ4n) is 3.49. The lowest BCUT2D eigenvalue weighted by Crippen LogP contribution is -2.41. The number of nitrogens with one attached hydrogen (secondary N) is 1. The van der Waals surface area contributed by atoms with Crippen molar-refractivity contribution in [2.24, 2.45) is 5.84 Å². The number of halogens is 3. The van der Waals surface area contributed by atoms with Crippen LogP contribution in [0.5, 0.6) is 0 Å². The van der Waals surface area contributed by atoms with Gasteiger partial charge in [-0.1, -0.05) is 24.3 Å². The largest absolute Gasteiger partial charge is 0.416 e. The Balaban J connectivity index is 1.92. The van der Waals surface area contributed by atoms with E-state index in [2.05, 4.69) is 9.97 Å². The summed E-state index contributed by atoms with van der Waals surface area (Å²) in [5.41, 5.74) is 3.20. The minimum absolute atomic E-state index is 0.0344. The van der Waals surface area contributed by atoms with Gasteiger partial charge in [-0.2, -0.15) is 13.2 Å². The smallest absolute Gasteiger partial charge is 0.397 e. The van der Waals surface area contributed by atoms with E-state index in [1.807, 2.05) is 0 Å². The Kier molecular flexibility index (Phi) is 4.97. The molecule has 0 atom stereocenters. The van der Waals surface area contributed by atoms with Crippen molar-refractivity contribution in [2.45, 2.75) is 13.1 Å². The number of hydrogen-bond acceptors (Lipinski definition) is 6. The summed E-state index contributed by atoms with van der Waals surface area (Å²) in [4.78, 5) is 32.7. The van der Waals surface area contributed by atoms with E-state index in [1.54, 1.807) is 30.5 Å². The number of nitrogen functional groups attached to an aromatic ring is 1. The number of fused-ring (bicyclic) bond motifs is 1. The second kappa shape index (κ2) is 7.54. The van der Waals surface area contributed by atoms with Gasteiger partial charge in [0.05, 0.1) is 28.8 Å². The number of rotatable bonds is 3. The van der Waals surface area contributed by atoms with E-state index < -0.39 is 23.0 Å². The number of aryl methyl sites for hydroxylation is 1. The molecule has 0 aliphatic rings. The Morgan fingerprint density at radius 1 is 1.09 bits per heavy atom. The third-order valence-corrected chi connectivity index (χ3v) is 5.00. The molecule has 164 valence electrons. The Morgan fingerprint density at radius 2 is 1.81 bits per heavy atom. The lowest BCUT2D eigenvalue weighted by molar-refractivity contribution is -0.137. The van der Waals surface area contributed by atoms with Crippen LogP contribution in [-0.2, 0) is 6.18 Å². The molecule has 8 nitrogen and oxygen atoms in total. The van der Waals surface area contributed by atoms with Crippen molar-refractivity contribution in [1.29, 1.82) is 0 Å². The molecule has 0 fully saturated rings. The summed E-state index contributed by atoms with van der Waals surface area (Å²) in [5, 5.41) is 2.16. The number of aromatic amines is 1. The summed E-state index contributed by atoms with van der Waals surface area (Å²) in [6.07, 6.45) is -1.63. The highest BCUT2D eigenvalue weighted by Gasteiger charge is 2.31. The van der Waals surface area contributed by atoms with Crippen molar-refractivity contribution in [3.8, 4) is 5.69 Å². The number of hydrogen-bond donors (Lipinski definition) is 3. The fraction of sp³-hybridized carbons (Fsp3) is 0.0952. The van der Waals surface area contributed by atoms with Crippen molar-refractivity contribution in [3.05, 3.63) is 87.0 Å². The van der Waals surface area contributed by atoms with E-state index in [0.717, 1.165) is 27.8 Å². The summed E-state index contributed by atoms with van der Waals surface area (Å²) in [7, 11) is 0. The highest BCUT2D eigenvalue weighted by molar-refractivity contribution is 5.89. The lowest BCUT2D eigenvalue weighted by atomic mass is 10.1. The predicted octanol–water partition coefficient (Wildman–Crippen LogP) is 3.00. The Bertz CT molecular complexity index is 1450. The molecule has 2 aromatic carbocycles. The van der Waals surface area contributed by atoms with E-state index in [4.69, 9.17) is 11.6 Å². The second-order valence-electron chi connectivity index (χ2n) is 7.07. The van der Waals surface area contributed by atoms with Gasteiger partial charge in [0, 0.05) is 22.7 Å². The molecule has 0 saturated heterocycles. The van der Waals surface area contributed by atoms with Crippen molar-refractivity contribution < 1.29 is 13.2 Å². The van der Waals surface area contributed by atoms with Crippen LogP contribution in [0, 0.1) is 6.92 Å². The van der Waals surface area contributed by atoms with Crippen LogP contribution in [0.3, 0.4) is 0 Å². The molecule has 2 aromatic heterocycles. The molecular formula is C21H17F3N6O2. The molecule has 4 rings (SSSR count). The summed E-state index contributed by atoms with van der Waals surface area (Å²) in [6.45, 7) is 1.45. The monoisotopic (exact) mass is 442 g/mol. The first-order valence-electron chi connectivity index (χ1n) is 9.30. The first kappa shape index (κ1) is 21.1. The molecule has 0 unspecified atom stereocenters. The van der Waals surface area contributed by atoms with Gasteiger partial charge < -0.3 is 10.7 Å². The van der Waals surface area contributed by atoms with Crippen LogP contribution in [0.15, 0.2) is 64.4 Å². The predicted molar refractivity (Wildman–Crippen MR) is 115 cm³/mol. The zero-order valence-electron chi connectivity index (χ0n) is 16.6. The standard InChI is InChI=1S/C21H17F3N6O2/c1-11-18(30(26)16-7-6-13(8-15(16)25)21(22,23)24)19(31)29(20(32)28-11)17-10-27-9-12-4-2-3-5-14(12)17/h2-10H,25-26H2,1H3,(H,28,32). The van der Waals surface area contributed by atoms with Gasteiger partial charge in [0.2, 0.25) is 0 Å². The number of anilines is 3. The molecule has 11 heteroatoms. The Hall–Kier alpha value is -4.12. The number of alkyl halides is 3. The molecule has 4 aromatic rings. The van der Waals surface area contributed by atoms with Gasteiger partial charge in [0.1, 0.15) is 5.69 Å². The minimum atomic E-state index is -4.59. The van der Waals surface area contributed by atoms with Crippen molar-refractivity contribution >= 4 is 27.8 Å².